The number of nitrogens with one attached hydrogen (secondary N) is 1. The van der Waals surface area contributed by atoms with Crippen LogP contribution in [0.25, 0.3) is 0 Å². The van der Waals surface area contributed by atoms with Crippen LogP contribution in [0.1, 0.15) is 31.2 Å². The van der Waals surface area contributed by atoms with Crippen LogP contribution in [0.15, 0.2) is 24.3 Å². The quantitative estimate of drug-likeness (QED) is 0.898. The lowest BCUT2D eigenvalue weighted by Crippen LogP contribution is -2.51. The molecule has 1 aromatic carbocycles. The number of amides is 1. The molecule has 100 valence electrons. The maximum atomic E-state index is 12.0. The highest BCUT2D eigenvalue weighted by molar-refractivity contribution is 6.30. The molecule has 0 heterocycles. The van der Waals surface area contributed by atoms with E-state index in [1.165, 1.54) is 0 Å². The molecule has 1 saturated carbocycles. The van der Waals surface area contributed by atoms with Gasteiger partial charge >= 0.3 is 0 Å². The monoisotopic (exact) mass is 288 g/mol. The van der Waals surface area contributed by atoms with Crippen molar-refractivity contribution in [2.24, 2.45) is 5.73 Å². The topological polar surface area (TPSA) is 55.1 Å². The van der Waals surface area contributed by atoms with Crippen LogP contribution < -0.4 is 11.1 Å². The number of benzene rings is 1. The van der Waals surface area contributed by atoms with Crippen LogP contribution in [0.4, 0.5) is 0 Å². The summed E-state index contributed by atoms with van der Waals surface area (Å²) in [7, 11) is 0. The fourth-order valence-corrected chi connectivity index (χ4v) is 2.45. The van der Waals surface area contributed by atoms with Crippen molar-refractivity contribution in [3.63, 3.8) is 0 Å². The molecule has 1 amide bonds. The summed E-state index contributed by atoms with van der Waals surface area (Å²) in [4.78, 5) is 12.0. The number of nitrogens with two attached hydrogens (primary N) is 1. The van der Waals surface area contributed by atoms with E-state index in [1.54, 1.807) is 0 Å². The molecule has 0 unspecified atom stereocenters. The summed E-state index contributed by atoms with van der Waals surface area (Å²) < 4.78 is 0. The lowest BCUT2D eigenvalue weighted by molar-refractivity contribution is -0.126. The van der Waals surface area contributed by atoms with Gasteiger partial charge < -0.3 is 11.1 Å². The second kappa shape index (κ2) is 6.41. The van der Waals surface area contributed by atoms with Crippen LogP contribution in [0.5, 0.6) is 0 Å². The fourth-order valence-electron chi connectivity index (χ4n) is 2.24. The number of hydrogen-bond acceptors (Lipinski definition) is 2. The Morgan fingerprint density at radius 1 is 1.39 bits per heavy atom. The van der Waals surface area contributed by atoms with E-state index in [0.717, 1.165) is 31.2 Å². The van der Waals surface area contributed by atoms with Crippen molar-refractivity contribution >= 4 is 29.9 Å². The first-order chi connectivity index (χ1) is 8.10. The first-order valence-electron chi connectivity index (χ1n) is 5.92. The van der Waals surface area contributed by atoms with Gasteiger partial charge in [0.1, 0.15) is 0 Å². The van der Waals surface area contributed by atoms with E-state index in [-0.39, 0.29) is 18.3 Å². The van der Waals surface area contributed by atoms with Crippen LogP contribution in [-0.4, -0.2) is 11.4 Å². The largest absolute Gasteiger partial charge is 0.350 e. The second-order valence-electron chi connectivity index (χ2n) is 4.68. The van der Waals surface area contributed by atoms with Gasteiger partial charge in [0.25, 0.3) is 0 Å². The van der Waals surface area contributed by atoms with Crippen molar-refractivity contribution in [2.75, 3.05) is 0 Å². The Bertz CT molecular complexity index is 417. The van der Waals surface area contributed by atoms with E-state index in [9.17, 15) is 4.79 Å². The van der Waals surface area contributed by atoms with Crippen molar-refractivity contribution in [2.45, 2.75) is 37.8 Å². The number of carbonyl (C=O) groups excluding carboxylic acids is 1. The first kappa shape index (κ1) is 15.3. The Morgan fingerprint density at radius 2 is 2.06 bits per heavy atom. The molecule has 0 atom stereocenters. The third kappa shape index (κ3) is 3.61. The average Bonchev–Trinajstić information content (AvgIpc) is 2.74. The average molecular weight is 289 g/mol. The molecule has 1 aromatic rings. The van der Waals surface area contributed by atoms with Crippen molar-refractivity contribution in [1.29, 1.82) is 0 Å². The summed E-state index contributed by atoms with van der Waals surface area (Å²) in [5, 5.41) is 3.57. The summed E-state index contributed by atoms with van der Waals surface area (Å²) in [6.07, 6.45) is 3.66. The Morgan fingerprint density at radius 3 is 2.67 bits per heavy atom. The maximum absolute atomic E-state index is 12.0. The Labute approximate surface area is 118 Å². The van der Waals surface area contributed by atoms with Crippen LogP contribution >= 0.6 is 24.0 Å². The van der Waals surface area contributed by atoms with E-state index in [1.807, 2.05) is 24.3 Å². The van der Waals surface area contributed by atoms with E-state index >= 15 is 0 Å². The van der Waals surface area contributed by atoms with Gasteiger partial charge in [-0.05, 0) is 30.5 Å². The van der Waals surface area contributed by atoms with E-state index in [0.29, 0.717) is 11.6 Å². The smallest absolute Gasteiger partial charge is 0.240 e. The molecule has 3 nitrogen and oxygen atoms in total. The molecule has 1 aliphatic rings. The fraction of sp³-hybridized carbons (Fsp3) is 0.462. The first-order valence-corrected chi connectivity index (χ1v) is 6.30. The zero-order valence-electron chi connectivity index (χ0n) is 10.1. The van der Waals surface area contributed by atoms with Gasteiger partial charge in [-0.2, -0.15) is 0 Å². The highest BCUT2D eigenvalue weighted by atomic mass is 35.5. The lowest BCUT2D eigenvalue weighted by Gasteiger charge is -2.22. The molecule has 0 bridgehead atoms. The molecule has 1 aliphatic carbocycles. The van der Waals surface area contributed by atoms with Gasteiger partial charge in [0.2, 0.25) is 5.91 Å². The third-order valence-corrected chi connectivity index (χ3v) is 3.53. The molecule has 1 fully saturated rings. The summed E-state index contributed by atoms with van der Waals surface area (Å²) in [6, 6.07) is 7.47. The molecule has 2 rings (SSSR count). The van der Waals surface area contributed by atoms with Crippen molar-refractivity contribution in [3.8, 4) is 0 Å². The van der Waals surface area contributed by atoms with Gasteiger partial charge in [-0.25, -0.2) is 0 Å². The van der Waals surface area contributed by atoms with E-state index in [4.69, 9.17) is 17.3 Å². The van der Waals surface area contributed by atoms with Crippen molar-refractivity contribution in [1.82, 2.24) is 5.32 Å². The van der Waals surface area contributed by atoms with Crippen molar-refractivity contribution in [3.05, 3.63) is 34.9 Å². The standard InChI is InChI=1S/C13H17ClN2O.ClH/c14-11-5-3-4-10(8-11)9-16-12(17)13(15)6-1-2-7-13;/h3-5,8H,1-2,6-7,9,15H2,(H,16,17);1H. The molecule has 0 spiro atoms. The molecule has 18 heavy (non-hydrogen) atoms. The third-order valence-electron chi connectivity index (χ3n) is 3.29. The number of hydrogen-bond donors (Lipinski definition) is 2. The second-order valence-corrected chi connectivity index (χ2v) is 5.11. The number of halogens is 2. The maximum Gasteiger partial charge on any atom is 0.240 e. The summed E-state index contributed by atoms with van der Waals surface area (Å²) in [5.74, 6) is -0.0463. The zero-order valence-corrected chi connectivity index (χ0v) is 11.7. The van der Waals surface area contributed by atoms with Gasteiger partial charge in [0, 0.05) is 11.6 Å². The minimum Gasteiger partial charge on any atom is -0.350 e. The Kier molecular flexibility index (Phi) is 5.45. The normalized spacial score (nSPS) is 17.0. The molecule has 0 saturated heterocycles. The Hall–Kier alpha value is -0.770. The summed E-state index contributed by atoms with van der Waals surface area (Å²) >= 11 is 5.88. The SMILES string of the molecule is Cl.NC1(C(=O)NCc2cccc(Cl)c2)CCCC1. The van der Waals surface area contributed by atoms with Crippen LogP contribution in [-0.2, 0) is 11.3 Å². The van der Waals surface area contributed by atoms with Gasteiger partial charge in [-0.15, -0.1) is 12.4 Å². The Balaban J connectivity index is 0.00000162. The predicted molar refractivity (Wildman–Crippen MR) is 75.9 cm³/mol. The highest BCUT2D eigenvalue weighted by Gasteiger charge is 2.36. The number of carbonyl (C=O) groups is 1. The molecule has 0 aromatic heterocycles. The predicted octanol–water partition coefficient (Wildman–Crippen LogP) is 2.65. The molecule has 0 aliphatic heterocycles. The molecular weight excluding hydrogens is 271 g/mol. The minimum absolute atomic E-state index is 0. The lowest BCUT2D eigenvalue weighted by atomic mass is 9.98. The van der Waals surface area contributed by atoms with Crippen LogP contribution in [0.2, 0.25) is 5.02 Å². The van der Waals surface area contributed by atoms with Gasteiger partial charge in [0.05, 0.1) is 5.54 Å². The van der Waals surface area contributed by atoms with Gasteiger partial charge in [-0.3, -0.25) is 4.79 Å². The molecular formula is C13H18Cl2N2O. The van der Waals surface area contributed by atoms with Crippen LogP contribution in [0.3, 0.4) is 0 Å². The zero-order chi connectivity index (χ0) is 12.3. The van der Waals surface area contributed by atoms with Gasteiger partial charge in [0.15, 0.2) is 0 Å². The van der Waals surface area contributed by atoms with Gasteiger partial charge in [-0.1, -0.05) is 36.6 Å². The van der Waals surface area contributed by atoms with E-state index < -0.39 is 5.54 Å². The summed E-state index contributed by atoms with van der Waals surface area (Å²) in [5.41, 5.74) is 6.40. The van der Waals surface area contributed by atoms with E-state index in [2.05, 4.69) is 5.32 Å². The molecule has 3 N–H and O–H groups in total. The number of rotatable bonds is 3. The molecule has 5 heteroatoms. The van der Waals surface area contributed by atoms with Crippen molar-refractivity contribution < 1.29 is 4.79 Å². The van der Waals surface area contributed by atoms with Crippen LogP contribution in [0, 0.1) is 0 Å². The minimum atomic E-state index is -0.654. The highest BCUT2D eigenvalue weighted by Crippen LogP contribution is 2.27. The summed E-state index contributed by atoms with van der Waals surface area (Å²) in [6.45, 7) is 0.484. The molecule has 0 radical (unpaired) electrons.